The summed E-state index contributed by atoms with van der Waals surface area (Å²) in [7, 11) is 0. The molecule has 0 saturated carbocycles. The number of aryl methyl sites for hydroxylation is 2. The van der Waals surface area contributed by atoms with Crippen molar-refractivity contribution in [2.75, 3.05) is 29.9 Å². The summed E-state index contributed by atoms with van der Waals surface area (Å²) in [6.07, 6.45) is 2.00. The maximum absolute atomic E-state index is 12.3. The third-order valence-electron chi connectivity index (χ3n) is 4.49. The minimum Gasteiger partial charge on any atom is -0.372 e. The summed E-state index contributed by atoms with van der Waals surface area (Å²) < 4.78 is 0. The van der Waals surface area contributed by atoms with Gasteiger partial charge in [0.2, 0.25) is 0 Å². The lowest BCUT2D eigenvalue weighted by atomic mass is 10.1. The number of hydrogen-bond donors (Lipinski definition) is 2. The largest absolute Gasteiger partial charge is 0.372 e. The molecule has 0 saturated heterocycles. The molecule has 0 aliphatic carbocycles. The van der Waals surface area contributed by atoms with Crippen LogP contribution in [-0.2, 0) is 0 Å². The van der Waals surface area contributed by atoms with Gasteiger partial charge in [-0.25, -0.2) is 9.97 Å². The quantitative estimate of drug-likeness (QED) is 0.648. The standard InChI is InChI=1S/C21H31N5O/c1-6-9-12-22-21(27)19-14-20(24-16(5)23-19)25-18-11-10-17(13-15(18)4)26(7-2)8-3/h10-11,13-14H,6-9,12H2,1-5H3,(H,22,27)(H,23,24,25). The number of nitrogens with one attached hydrogen (secondary N) is 2. The van der Waals surface area contributed by atoms with E-state index in [1.54, 1.807) is 13.0 Å². The average molecular weight is 370 g/mol. The molecule has 0 unspecified atom stereocenters. The number of benzene rings is 1. The van der Waals surface area contributed by atoms with Crippen molar-refractivity contribution in [3.8, 4) is 0 Å². The van der Waals surface area contributed by atoms with Gasteiger partial charge in [0.1, 0.15) is 17.3 Å². The van der Waals surface area contributed by atoms with Crippen LogP contribution in [0.1, 0.15) is 55.5 Å². The van der Waals surface area contributed by atoms with Crippen molar-refractivity contribution < 1.29 is 4.79 Å². The van der Waals surface area contributed by atoms with Crippen LogP contribution in [-0.4, -0.2) is 35.5 Å². The zero-order valence-electron chi connectivity index (χ0n) is 17.1. The second-order valence-corrected chi connectivity index (χ2v) is 6.59. The van der Waals surface area contributed by atoms with E-state index in [1.165, 1.54) is 5.69 Å². The zero-order valence-corrected chi connectivity index (χ0v) is 17.1. The fraction of sp³-hybridized carbons (Fsp3) is 0.476. The van der Waals surface area contributed by atoms with E-state index >= 15 is 0 Å². The molecule has 2 rings (SSSR count). The van der Waals surface area contributed by atoms with Crippen LogP contribution in [0.15, 0.2) is 24.3 Å². The molecule has 2 aromatic rings. The van der Waals surface area contributed by atoms with Crippen molar-refractivity contribution in [2.45, 2.75) is 47.5 Å². The second kappa shape index (κ2) is 9.90. The highest BCUT2D eigenvalue weighted by Gasteiger charge is 2.11. The van der Waals surface area contributed by atoms with Crippen LogP contribution in [0.25, 0.3) is 0 Å². The molecule has 0 radical (unpaired) electrons. The Bertz CT molecular complexity index is 771. The summed E-state index contributed by atoms with van der Waals surface area (Å²) in [6.45, 7) is 12.9. The zero-order chi connectivity index (χ0) is 19.8. The molecular formula is C21H31N5O. The van der Waals surface area contributed by atoms with Crippen LogP contribution in [0.4, 0.5) is 17.2 Å². The number of amides is 1. The van der Waals surface area contributed by atoms with Crippen molar-refractivity contribution in [1.29, 1.82) is 0 Å². The van der Waals surface area contributed by atoms with E-state index in [2.05, 4.69) is 71.4 Å². The van der Waals surface area contributed by atoms with Gasteiger partial charge in [0.05, 0.1) is 0 Å². The van der Waals surface area contributed by atoms with Crippen molar-refractivity contribution in [3.63, 3.8) is 0 Å². The molecule has 0 aliphatic heterocycles. The molecule has 1 heterocycles. The Morgan fingerprint density at radius 1 is 1.07 bits per heavy atom. The van der Waals surface area contributed by atoms with E-state index in [9.17, 15) is 4.79 Å². The van der Waals surface area contributed by atoms with Crippen LogP contribution in [0.2, 0.25) is 0 Å². The Hall–Kier alpha value is -2.63. The van der Waals surface area contributed by atoms with E-state index < -0.39 is 0 Å². The molecule has 6 nitrogen and oxygen atoms in total. The number of unbranched alkanes of at least 4 members (excludes halogenated alkanes) is 1. The van der Waals surface area contributed by atoms with Crippen LogP contribution < -0.4 is 15.5 Å². The Labute approximate surface area is 162 Å². The van der Waals surface area contributed by atoms with Gasteiger partial charge in [-0.3, -0.25) is 4.79 Å². The molecule has 1 aromatic heterocycles. The van der Waals surface area contributed by atoms with E-state index in [0.29, 0.717) is 23.9 Å². The number of aromatic nitrogens is 2. The van der Waals surface area contributed by atoms with Gasteiger partial charge < -0.3 is 15.5 Å². The summed E-state index contributed by atoms with van der Waals surface area (Å²) >= 11 is 0. The molecule has 0 spiro atoms. The van der Waals surface area contributed by atoms with Crippen molar-refractivity contribution in [2.24, 2.45) is 0 Å². The first kappa shape index (κ1) is 20.7. The van der Waals surface area contributed by atoms with Gasteiger partial charge in [0, 0.05) is 37.1 Å². The van der Waals surface area contributed by atoms with E-state index in [0.717, 1.165) is 37.2 Å². The van der Waals surface area contributed by atoms with Gasteiger partial charge >= 0.3 is 0 Å². The normalized spacial score (nSPS) is 10.6. The smallest absolute Gasteiger partial charge is 0.270 e. The molecule has 1 aromatic carbocycles. The number of nitrogens with zero attached hydrogens (tertiary/aromatic N) is 3. The Morgan fingerprint density at radius 3 is 2.44 bits per heavy atom. The highest BCUT2D eigenvalue weighted by molar-refractivity contribution is 5.93. The number of carbonyl (C=O) groups excluding carboxylic acids is 1. The monoisotopic (exact) mass is 369 g/mol. The van der Waals surface area contributed by atoms with E-state index in [-0.39, 0.29) is 5.91 Å². The molecule has 0 aliphatic rings. The average Bonchev–Trinajstić information content (AvgIpc) is 2.64. The minimum absolute atomic E-state index is 0.161. The highest BCUT2D eigenvalue weighted by atomic mass is 16.1. The number of anilines is 3. The first-order chi connectivity index (χ1) is 13.0. The lowest BCUT2D eigenvalue weighted by Gasteiger charge is -2.22. The first-order valence-corrected chi connectivity index (χ1v) is 9.74. The minimum atomic E-state index is -0.161. The second-order valence-electron chi connectivity index (χ2n) is 6.59. The molecule has 0 bridgehead atoms. The van der Waals surface area contributed by atoms with Gasteiger partial charge in [-0.1, -0.05) is 13.3 Å². The fourth-order valence-corrected chi connectivity index (χ4v) is 2.93. The predicted molar refractivity (Wildman–Crippen MR) is 112 cm³/mol. The Kier molecular flexibility index (Phi) is 7.58. The summed E-state index contributed by atoms with van der Waals surface area (Å²) in [5.74, 6) is 1.03. The molecule has 2 N–H and O–H groups in total. The lowest BCUT2D eigenvalue weighted by Crippen LogP contribution is -2.25. The van der Waals surface area contributed by atoms with Gasteiger partial charge in [0.15, 0.2) is 0 Å². The van der Waals surface area contributed by atoms with Crippen LogP contribution in [0.3, 0.4) is 0 Å². The van der Waals surface area contributed by atoms with Crippen molar-refractivity contribution in [1.82, 2.24) is 15.3 Å². The summed E-state index contributed by atoms with van der Waals surface area (Å²) in [6, 6.07) is 8.03. The molecule has 6 heteroatoms. The predicted octanol–water partition coefficient (Wildman–Crippen LogP) is 4.21. The van der Waals surface area contributed by atoms with Crippen LogP contribution in [0.5, 0.6) is 0 Å². The fourth-order valence-electron chi connectivity index (χ4n) is 2.93. The summed E-state index contributed by atoms with van der Waals surface area (Å²) in [5, 5.41) is 6.23. The van der Waals surface area contributed by atoms with Crippen molar-refractivity contribution in [3.05, 3.63) is 41.3 Å². The third-order valence-corrected chi connectivity index (χ3v) is 4.49. The molecule has 146 valence electrons. The maximum atomic E-state index is 12.3. The molecule has 0 atom stereocenters. The van der Waals surface area contributed by atoms with Gasteiger partial charge in [-0.15, -0.1) is 0 Å². The van der Waals surface area contributed by atoms with Gasteiger partial charge in [0.25, 0.3) is 5.91 Å². The third kappa shape index (κ3) is 5.67. The molecule has 27 heavy (non-hydrogen) atoms. The lowest BCUT2D eigenvalue weighted by molar-refractivity contribution is 0.0948. The van der Waals surface area contributed by atoms with Crippen LogP contribution >= 0.6 is 0 Å². The highest BCUT2D eigenvalue weighted by Crippen LogP contribution is 2.25. The molecular weight excluding hydrogens is 338 g/mol. The molecule has 1 amide bonds. The van der Waals surface area contributed by atoms with Crippen LogP contribution in [0, 0.1) is 13.8 Å². The summed E-state index contributed by atoms with van der Waals surface area (Å²) in [4.78, 5) is 23.3. The Morgan fingerprint density at radius 2 is 1.81 bits per heavy atom. The SMILES string of the molecule is CCCCNC(=O)c1cc(Nc2ccc(N(CC)CC)cc2C)nc(C)n1. The maximum Gasteiger partial charge on any atom is 0.270 e. The van der Waals surface area contributed by atoms with E-state index in [4.69, 9.17) is 0 Å². The van der Waals surface area contributed by atoms with E-state index in [1.807, 2.05) is 0 Å². The van der Waals surface area contributed by atoms with Gasteiger partial charge in [-0.05, 0) is 57.9 Å². The number of carbonyl (C=O) groups is 1. The number of hydrogen-bond acceptors (Lipinski definition) is 5. The van der Waals surface area contributed by atoms with Crippen molar-refractivity contribution >= 4 is 23.1 Å². The Balaban J connectivity index is 2.18. The van der Waals surface area contributed by atoms with Gasteiger partial charge in [-0.2, -0.15) is 0 Å². The number of rotatable bonds is 9. The topological polar surface area (TPSA) is 70.2 Å². The first-order valence-electron chi connectivity index (χ1n) is 9.74. The summed E-state index contributed by atoms with van der Waals surface area (Å²) in [5.41, 5.74) is 3.70. The molecule has 0 fully saturated rings.